The first-order valence-electron chi connectivity index (χ1n) is 22.5. The molecule has 0 saturated carbocycles. The molecule has 0 bridgehead atoms. The molecule has 0 radical (unpaired) electrons. The van der Waals surface area contributed by atoms with E-state index in [0.717, 1.165) is 28.7 Å². The van der Waals surface area contributed by atoms with Crippen LogP contribution >= 0.6 is 11.3 Å². The third-order valence-corrected chi connectivity index (χ3v) is 11.4. The number of hydrogen-bond acceptors (Lipinski definition) is 4. The first-order valence-corrected chi connectivity index (χ1v) is 18.8. The highest BCUT2D eigenvalue weighted by molar-refractivity contribution is 7.17. The van der Waals surface area contributed by atoms with Gasteiger partial charge in [-0.1, -0.05) is 116 Å². The van der Waals surface area contributed by atoms with Crippen LogP contribution < -0.4 is 30.9 Å². The van der Waals surface area contributed by atoms with Crippen molar-refractivity contribution in [2.24, 2.45) is 5.41 Å². The molecule has 1 aliphatic carbocycles. The number of ether oxygens (including phenoxy) is 1. The number of para-hydroxylation sites is 2. The summed E-state index contributed by atoms with van der Waals surface area (Å²) < 4.78 is 95.3. The van der Waals surface area contributed by atoms with Gasteiger partial charge in [0.05, 0.1) is 18.0 Å². The highest BCUT2D eigenvalue weighted by Crippen LogP contribution is 2.50. The average Bonchev–Trinajstić information content (AvgIpc) is 3.67. The Morgan fingerprint density at radius 1 is 0.712 bits per heavy atom. The summed E-state index contributed by atoms with van der Waals surface area (Å²) in [6, 6.07) is 16.9. The van der Waals surface area contributed by atoms with E-state index in [9.17, 15) is 12.3 Å². The summed E-state index contributed by atoms with van der Waals surface area (Å²) in [7, 11) is 0. The number of rotatable bonds is 4. The van der Waals surface area contributed by atoms with Crippen LogP contribution in [0.15, 0.2) is 115 Å². The van der Waals surface area contributed by atoms with Gasteiger partial charge in [0.15, 0.2) is 5.06 Å². The van der Waals surface area contributed by atoms with Crippen LogP contribution in [0.25, 0.3) is 0 Å². The third-order valence-electron chi connectivity index (χ3n) is 10.3. The van der Waals surface area contributed by atoms with Crippen molar-refractivity contribution in [2.45, 2.75) is 79.1 Å². The van der Waals surface area contributed by atoms with E-state index in [0.29, 0.717) is 32.9 Å². The van der Waals surface area contributed by atoms with Gasteiger partial charge in [0.1, 0.15) is 5.75 Å². The molecule has 2 aliphatic heterocycles. The van der Waals surface area contributed by atoms with Gasteiger partial charge in [0, 0.05) is 39.4 Å². The summed E-state index contributed by atoms with van der Waals surface area (Å²) >= 11 is 1.53. The predicted octanol–water partition coefficient (Wildman–Crippen LogP) is 11.3. The van der Waals surface area contributed by atoms with Gasteiger partial charge in [0.25, 0.3) is 6.71 Å². The summed E-state index contributed by atoms with van der Waals surface area (Å²) in [4.78, 5) is 4.39. The van der Waals surface area contributed by atoms with Crippen LogP contribution in [0.1, 0.15) is 89.3 Å². The second kappa shape index (κ2) is 11.6. The van der Waals surface area contributed by atoms with Crippen LogP contribution in [0, 0.1) is 5.41 Å². The number of hydrogen-bond donors (Lipinski definition) is 0. The molecule has 0 atom stereocenters. The van der Waals surface area contributed by atoms with Crippen LogP contribution in [0.2, 0.25) is 0 Å². The molecule has 0 fully saturated rings. The first kappa shape index (κ1) is 24.5. The zero-order valence-corrected chi connectivity index (χ0v) is 31.8. The number of thiophene rings is 1. The maximum absolute atomic E-state index is 10.4. The molecule has 0 unspecified atom stereocenters. The van der Waals surface area contributed by atoms with Crippen LogP contribution in [0.4, 0.5) is 34.1 Å². The van der Waals surface area contributed by atoms with E-state index in [1.165, 1.54) is 16.2 Å². The van der Waals surface area contributed by atoms with Crippen molar-refractivity contribution in [3.05, 3.63) is 137 Å². The molecule has 5 heteroatoms. The van der Waals surface area contributed by atoms with E-state index in [1.54, 1.807) is 0 Å². The third kappa shape index (κ3) is 5.39. The minimum Gasteiger partial charge on any atom is -0.448 e. The van der Waals surface area contributed by atoms with E-state index in [1.807, 2.05) is 107 Å². The lowest BCUT2D eigenvalue weighted by Crippen LogP contribution is -2.60. The van der Waals surface area contributed by atoms with Gasteiger partial charge >= 0.3 is 0 Å². The maximum atomic E-state index is 10.4. The molecule has 3 aliphatic rings. The molecule has 1 aromatic heterocycles. The SMILES string of the molecule is [2H]c1c2c3c(c([2H])c1N(c1ccccc1)c1ccccc1)N(c1c([2H])c([2H])c(C(C)(C)C)c([2H])c1[2H])c1c([2H])c([2H])c(C(C)(C)C)c([2H])c1B3c1c(sc3c1CC(C)(C)C3)O2. The van der Waals surface area contributed by atoms with Gasteiger partial charge in [-0.3, -0.25) is 0 Å². The Bertz CT molecular complexity index is 2780. The highest BCUT2D eigenvalue weighted by Gasteiger charge is 2.47. The smallest absolute Gasteiger partial charge is 0.257 e. The molecule has 52 heavy (non-hydrogen) atoms. The van der Waals surface area contributed by atoms with Gasteiger partial charge in [-0.25, -0.2) is 0 Å². The Hall–Kier alpha value is -4.74. The van der Waals surface area contributed by atoms with Gasteiger partial charge in [0.2, 0.25) is 0 Å². The minimum absolute atomic E-state index is 0.0269. The molecule has 9 rings (SSSR count). The fraction of sp³-hybridized carbons (Fsp3) is 0.277. The Kier molecular flexibility index (Phi) is 5.48. The van der Waals surface area contributed by atoms with Crippen molar-refractivity contribution in [3.8, 4) is 10.8 Å². The molecule has 0 saturated heterocycles. The molecule has 0 amide bonds. The predicted molar refractivity (Wildman–Crippen MR) is 223 cm³/mol. The standard InChI is InChI=1S/C47H47BN2OS/c1-45(2,3)30-19-22-34(23-20-30)50-38-24-21-31(46(4,5)6)25-37(38)48-42-36-28-47(7,8)29-41(36)52-44(42)51-40-27-35(26-39(50)43(40)48)49(32-15-11-9-12-16-32)33-17-13-10-14-18-33/h9-27H,28-29H2,1-8H3/i19D,20D,21D,22D,23D,24D,25D,26D,27D. The fourth-order valence-electron chi connectivity index (χ4n) is 7.70. The summed E-state index contributed by atoms with van der Waals surface area (Å²) in [6.45, 7) is 14.9. The lowest BCUT2D eigenvalue weighted by atomic mass is 9.33. The van der Waals surface area contributed by atoms with Crippen LogP contribution in [-0.2, 0) is 23.7 Å². The maximum Gasteiger partial charge on any atom is 0.257 e. The molecule has 260 valence electrons. The summed E-state index contributed by atoms with van der Waals surface area (Å²) in [5.74, 6) is 0.157. The van der Waals surface area contributed by atoms with Crippen molar-refractivity contribution in [1.29, 1.82) is 0 Å². The fourth-order valence-corrected chi connectivity index (χ4v) is 9.17. The van der Waals surface area contributed by atoms with Crippen molar-refractivity contribution in [2.75, 3.05) is 9.80 Å². The second-order valence-corrected chi connectivity index (χ2v) is 18.1. The van der Waals surface area contributed by atoms with Crippen LogP contribution in [0.3, 0.4) is 0 Å². The topological polar surface area (TPSA) is 15.7 Å². The summed E-state index contributed by atoms with van der Waals surface area (Å²) in [5, 5.41) is 0.587. The number of benzene rings is 5. The molecule has 0 N–H and O–H groups in total. The van der Waals surface area contributed by atoms with Gasteiger partial charge in [-0.05, 0) is 111 Å². The zero-order valence-electron chi connectivity index (χ0n) is 40.0. The highest BCUT2D eigenvalue weighted by atomic mass is 32.1. The Labute approximate surface area is 326 Å². The van der Waals surface area contributed by atoms with E-state index in [2.05, 4.69) is 13.8 Å². The first-order chi connectivity index (χ1) is 28.6. The van der Waals surface area contributed by atoms with Crippen molar-refractivity contribution in [1.82, 2.24) is 0 Å². The van der Waals surface area contributed by atoms with E-state index >= 15 is 0 Å². The number of fused-ring (bicyclic) bond motifs is 6. The van der Waals surface area contributed by atoms with E-state index in [4.69, 9.17) is 4.74 Å². The van der Waals surface area contributed by atoms with Gasteiger partial charge in [-0.15, -0.1) is 11.3 Å². The molecular weight excluding hydrogens is 651 g/mol. The minimum atomic E-state index is -0.806. The summed E-state index contributed by atoms with van der Waals surface area (Å²) in [5.41, 5.74) is 3.12. The summed E-state index contributed by atoms with van der Waals surface area (Å²) in [6.07, 6.45) is 1.53. The van der Waals surface area contributed by atoms with Crippen LogP contribution in [0.5, 0.6) is 10.8 Å². The van der Waals surface area contributed by atoms with Crippen molar-refractivity contribution >= 4 is 68.6 Å². The largest absolute Gasteiger partial charge is 0.448 e. The second-order valence-electron chi connectivity index (χ2n) is 17.0. The van der Waals surface area contributed by atoms with Crippen molar-refractivity contribution in [3.63, 3.8) is 0 Å². The van der Waals surface area contributed by atoms with Crippen LogP contribution in [-0.4, -0.2) is 6.71 Å². The quantitative estimate of drug-likeness (QED) is 0.169. The Balaban J connectivity index is 1.51. The monoisotopic (exact) mass is 707 g/mol. The van der Waals surface area contributed by atoms with Gasteiger partial charge in [-0.2, -0.15) is 0 Å². The number of nitrogens with zero attached hydrogens (tertiary/aromatic N) is 2. The van der Waals surface area contributed by atoms with Crippen molar-refractivity contribution < 1.29 is 17.1 Å². The lowest BCUT2D eigenvalue weighted by molar-refractivity contribution is 0.393. The molecular formula is C47H47BN2OS. The molecule has 0 spiro atoms. The molecule has 3 nitrogen and oxygen atoms in total. The van der Waals surface area contributed by atoms with E-state index < -0.39 is 17.5 Å². The normalized spacial score (nSPS) is 17.8. The zero-order chi connectivity index (χ0) is 44.0. The molecule has 6 aromatic rings. The molecule has 5 aromatic carbocycles. The van der Waals surface area contributed by atoms with Gasteiger partial charge < -0.3 is 14.5 Å². The molecule has 3 heterocycles. The average molecular weight is 708 g/mol. The number of anilines is 6. The lowest BCUT2D eigenvalue weighted by Gasteiger charge is -2.41. The van der Waals surface area contributed by atoms with E-state index in [-0.39, 0.29) is 93.9 Å². The Morgan fingerprint density at radius 2 is 1.33 bits per heavy atom. The Morgan fingerprint density at radius 3 is 1.94 bits per heavy atom.